The van der Waals surface area contributed by atoms with E-state index in [9.17, 15) is 9.59 Å². The average Bonchev–Trinajstić information content (AvgIpc) is 2.69. The van der Waals surface area contributed by atoms with Crippen LogP contribution in [0.3, 0.4) is 0 Å². The minimum atomic E-state index is -0.357. The maximum Gasteiger partial charge on any atom is 0.260 e. The van der Waals surface area contributed by atoms with E-state index in [1.807, 2.05) is 36.4 Å². The number of rotatable bonds is 4. The molecule has 132 valence electrons. The molecule has 4 rings (SSSR count). The van der Waals surface area contributed by atoms with Crippen molar-refractivity contribution in [1.29, 1.82) is 0 Å². The van der Waals surface area contributed by atoms with Crippen molar-refractivity contribution in [3.63, 3.8) is 0 Å². The molecule has 0 unspecified atom stereocenters. The molecule has 5 heteroatoms. The third kappa shape index (κ3) is 3.48. The molecule has 0 aliphatic rings. The maximum absolute atomic E-state index is 12.1. The van der Waals surface area contributed by atoms with Gasteiger partial charge in [0, 0.05) is 17.8 Å². The Morgan fingerprint density at radius 3 is 2.22 bits per heavy atom. The lowest BCUT2D eigenvalue weighted by Crippen LogP contribution is -2.29. The van der Waals surface area contributed by atoms with Crippen molar-refractivity contribution in [2.24, 2.45) is 5.10 Å². The van der Waals surface area contributed by atoms with Crippen molar-refractivity contribution in [3.8, 4) is 0 Å². The Morgan fingerprint density at radius 1 is 0.926 bits per heavy atom. The van der Waals surface area contributed by atoms with E-state index in [4.69, 9.17) is 0 Å². The summed E-state index contributed by atoms with van der Waals surface area (Å²) in [7, 11) is 0. The Morgan fingerprint density at radius 2 is 1.56 bits per heavy atom. The van der Waals surface area contributed by atoms with Crippen molar-refractivity contribution in [1.82, 2.24) is 9.99 Å². The maximum atomic E-state index is 12.1. The smallest absolute Gasteiger partial charge is 0.260 e. The summed E-state index contributed by atoms with van der Waals surface area (Å²) in [5.74, 6) is -0.357. The highest BCUT2D eigenvalue weighted by atomic mass is 16.2. The molecule has 3 aromatic carbocycles. The number of benzene rings is 3. The summed E-state index contributed by atoms with van der Waals surface area (Å²) in [5, 5.41) is 8.48. The minimum Gasteiger partial charge on any atom is -0.306 e. The first-order chi connectivity index (χ1) is 13.2. The molecule has 4 aromatic rings. The lowest BCUT2D eigenvalue weighted by atomic mass is 9.97. The zero-order valence-corrected chi connectivity index (χ0v) is 14.5. The number of carbonyl (C=O) groups excluding carboxylic acids is 1. The van der Waals surface area contributed by atoms with Crippen molar-refractivity contribution >= 4 is 33.7 Å². The summed E-state index contributed by atoms with van der Waals surface area (Å²) >= 11 is 0. The van der Waals surface area contributed by atoms with Crippen LogP contribution >= 0.6 is 0 Å². The number of aromatic nitrogens is 1. The van der Waals surface area contributed by atoms with Crippen LogP contribution < -0.4 is 11.0 Å². The number of nitrogens with one attached hydrogen (secondary N) is 1. The molecule has 1 heterocycles. The first-order valence-corrected chi connectivity index (χ1v) is 8.60. The van der Waals surface area contributed by atoms with E-state index in [1.54, 1.807) is 24.5 Å². The van der Waals surface area contributed by atoms with Crippen LogP contribution in [0.15, 0.2) is 88.9 Å². The second-order valence-corrected chi connectivity index (χ2v) is 6.19. The quantitative estimate of drug-likeness (QED) is 0.347. The Hall–Kier alpha value is -3.73. The van der Waals surface area contributed by atoms with Crippen LogP contribution in [0.5, 0.6) is 0 Å². The molecule has 0 atom stereocenters. The Kier molecular flexibility index (Phi) is 4.49. The fraction of sp³-hybridized carbons (Fsp3) is 0.0455. The molecular formula is C22H17N3O2. The molecule has 0 radical (unpaired) electrons. The van der Waals surface area contributed by atoms with Gasteiger partial charge in [-0.3, -0.25) is 9.59 Å². The first kappa shape index (κ1) is 16.7. The van der Waals surface area contributed by atoms with Gasteiger partial charge in [0.25, 0.3) is 11.5 Å². The van der Waals surface area contributed by atoms with Gasteiger partial charge >= 0.3 is 0 Å². The molecule has 0 saturated carbocycles. The monoisotopic (exact) mass is 355 g/mol. The molecule has 27 heavy (non-hydrogen) atoms. The zero-order valence-electron chi connectivity index (χ0n) is 14.5. The first-order valence-electron chi connectivity index (χ1n) is 8.60. The SMILES string of the molecule is O=C(Cn1ccccc1=O)N/N=C\c1c2ccccc2cc2ccccc12. The summed E-state index contributed by atoms with van der Waals surface area (Å²) in [4.78, 5) is 23.8. The summed E-state index contributed by atoms with van der Waals surface area (Å²) < 4.78 is 1.33. The molecule has 0 aliphatic heterocycles. The van der Waals surface area contributed by atoms with E-state index < -0.39 is 0 Å². The van der Waals surface area contributed by atoms with Gasteiger partial charge in [0.1, 0.15) is 6.54 Å². The fourth-order valence-corrected chi connectivity index (χ4v) is 3.14. The number of fused-ring (bicyclic) bond motifs is 2. The van der Waals surface area contributed by atoms with E-state index in [0.29, 0.717) is 0 Å². The van der Waals surface area contributed by atoms with Gasteiger partial charge in [-0.05, 0) is 33.7 Å². The number of carbonyl (C=O) groups is 1. The second kappa shape index (κ2) is 7.25. The molecule has 0 bridgehead atoms. The zero-order chi connectivity index (χ0) is 18.6. The van der Waals surface area contributed by atoms with Crippen molar-refractivity contribution in [2.75, 3.05) is 0 Å². The van der Waals surface area contributed by atoms with Crippen molar-refractivity contribution in [2.45, 2.75) is 6.54 Å². The van der Waals surface area contributed by atoms with Gasteiger partial charge < -0.3 is 4.57 Å². The van der Waals surface area contributed by atoms with Crippen LogP contribution in [-0.2, 0) is 11.3 Å². The lowest BCUT2D eigenvalue weighted by Gasteiger charge is -2.08. The van der Waals surface area contributed by atoms with Crippen LogP contribution in [0.25, 0.3) is 21.5 Å². The summed E-state index contributed by atoms with van der Waals surface area (Å²) in [6.07, 6.45) is 3.24. The largest absolute Gasteiger partial charge is 0.306 e. The van der Waals surface area contributed by atoms with E-state index in [-0.39, 0.29) is 18.0 Å². The van der Waals surface area contributed by atoms with Crippen molar-refractivity contribution < 1.29 is 4.79 Å². The van der Waals surface area contributed by atoms with Gasteiger partial charge in [-0.2, -0.15) is 5.10 Å². The Labute approximate surface area is 155 Å². The standard InChI is InChI=1S/C22H17N3O2/c26-21(15-25-12-6-5-11-22(25)27)24-23-14-20-18-9-3-1-7-16(18)13-17-8-2-4-10-19(17)20/h1-14H,15H2,(H,24,26)/b23-14-. The topological polar surface area (TPSA) is 63.5 Å². The molecule has 1 N–H and O–H groups in total. The molecule has 0 fully saturated rings. The van der Waals surface area contributed by atoms with Gasteiger partial charge in [-0.25, -0.2) is 5.43 Å². The number of amides is 1. The molecule has 0 saturated heterocycles. The molecule has 1 aromatic heterocycles. The second-order valence-electron chi connectivity index (χ2n) is 6.19. The Balaban J connectivity index is 1.63. The number of nitrogens with zero attached hydrogens (tertiary/aromatic N) is 2. The van der Waals surface area contributed by atoms with Crippen LogP contribution in [0.1, 0.15) is 5.56 Å². The van der Waals surface area contributed by atoms with Crippen LogP contribution in [-0.4, -0.2) is 16.7 Å². The molecule has 0 spiro atoms. The predicted molar refractivity (Wildman–Crippen MR) is 108 cm³/mol. The van der Waals surface area contributed by atoms with Gasteiger partial charge in [0.15, 0.2) is 0 Å². The summed E-state index contributed by atoms with van der Waals surface area (Å²) in [6, 6.07) is 23.0. The number of hydrogen-bond donors (Lipinski definition) is 1. The van der Waals surface area contributed by atoms with E-state index in [0.717, 1.165) is 27.1 Å². The summed E-state index contributed by atoms with van der Waals surface area (Å²) in [5.41, 5.74) is 3.23. The van der Waals surface area contributed by atoms with Crippen LogP contribution in [0, 0.1) is 0 Å². The third-order valence-corrected chi connectivity index (χ3v) is 4.41. The number of hydrazone groups is 1. The summed E-state index contributed by atoms with van der Waals surface area (Å²) in [6.45, 7) is -0.0761. The fourth-order valence-electron chi connectivity index (χ4n) is 3.14. The van der Waals surface area contributed by atoms with Gasteiger partial charge in [0.2, 0.25) is 0 Å². The van der Waals surface area contributed by atoms with E-state index >= 15 is 0 Å². The number of hydrogen-bond acceptors (Lipinski definition) is 3. The molecule has 0 aliphatic carbocycles. The van der Waals surface area contributed by atoms with Crippen LogP contribution in [0.2, 0.25) is 0 Å². The van der Waals surface area contributed by atoms with E-state index in [1.165, 1.54) is 10.6 Å². The highest BCUT2D eigenvalue weighted by Crippen LogP contribution is 2.27. The minimum absolute atomic E-state index is 0.0761. The molecule has 1 amide bonds. The Bertz CT molecular complexity index is 1170. The van der Waals surface area contributed by atoms with Gasteiger partial charge in [0.05, 0.1) is 6.21 Å². The lowest BCUT2D eigenvalue weighted by molar-refractivity contribution is -0.121. The van der Waals surface area contributed by atoms with Crippen LogP contribution in [0.4, 0.5) is 0 Å². The van der Waals surface area contributed by atoms with Gasteiger partial charge in [-0.15, -0.1) is 0 Å². The molecular weight excluding hydrogens is 338 g/mol. The van der Waals surface area contributed by atoms with Gasteiger partial charge in [-0.1, -0.05) is 54.6 Å². The molecule has 5 nitrogen and oxygen atoms in total. The van der Waals surface area contributed by atoms with Crippen molar-refractivity contribution in [3.05, 3.63) is 94.9 Å². The highest BCUT2D eigenvalue weighted by Gasteiger charge is 2.06. The number of pyridine rings is 1. The third-order valence-electron chi connectivity index (χ3n) is 4.41. The predicted octanol–water partition coefficient (Wildman–Crippen LogP) is 3.31. The normalized spacial score (nSPS) is 11.3. The van der Waals surface area contributed by atoms with E-state index in [2.05, 4.69) is 28.7 Å². The highest BCUT2D eigenvalue weighted by molar-refractivity contribution is 6.13. The average molecular weight is 355 g/mol.